The van der Waals surface area contributed by atoms with Crippen LogP contribution in [0.25, 0.3) is 5.69 Å². The summed E-state index contributed by atoms with van der Waals surface area (Å²) in [5, 5.41) is 13.6. The largest absolute Gasteiger partial charge is 0.471 e. The van der Waals surface area contributed by atoms with E-state index in [-0.39, 0.29) is 17.3 Å². The lowest BCUT2D eigenvalue weighted by Gasteiger charge is -2.03. The maximum Gasteiger partial charge on any atom is 0.254 e. The van der Waals surface area contributed by atoms with Crippen molar-refractivity contribution in [3.63, 3.8) is 0 Å². The summed E-state index contributed by atoms with van der Waals surface area (Å²) in [4.78, 5) is 0. The van der Waals surface area contributed by atoms with Crippen molar-refractivity contribution in [2.45, 2.75) is 6.61 Å². The fourth-order valence-electron chi connectivity index (χ4n) is 2.11. The summed E-state index contributed by atoms with van der Waals surface area (Å²) in [6.45, 7) is 0.334. The zero-order valence-corrected chi connectivity index (χ0v) is 11.8. The molecule has 0 amide bonds. The van der Waals surface area contributed by atoms with Crippen LogP contribution in [0.2, 0.25) is 0 Å². The molecule has 108 valence electrons. The topological polar surface area (TPSA) is 76.9 Å². The van der Waals surface area contributed by atoms with Crippen LogP contribution < -0.4 is 10.5 Å². The van der Waals surface area contributed by atoms with Crippen LogP contribution >= 0.6 is 0 Å². The van der Waals surface area contributed by atoms with Gasteiger partial charge in [0.05, 0.1) is 5.69 Å². The molecule has 0 saturated carbocycles. The maximum absolute atomic E-state index is 9.29. The van der Waals surface area contributed by atoms with E-state index in [1.165, 1.54) is 4.68 Å². The number of anilines is 1. The number of nitrogens with two attached hydrogens (primary N) is 1. The number of rotatable bonds is 4. The molecule has 0 spiro atoms. The molecule has 3 aromatic rings. The van der Waals surface area contributed by atoms with E-state index >= 15 is 0 Å². The molecule has 0 unspecified atom stereocenters. The van der Waals surface area contributed by atoms with Gasteiger partial charge in [-0.05, 0) is 17.7 Å². The monoisotopic (exact) mass is 290 g/mol. The molecule has 0 atom stereocenters. The standard InChI is InChI=1S/C17H14N4O/c18-11-15-16(19)21(14-9-5-2-6-10-14)20-17(15)22-12-13-7-3-1-4-8-13/h1-10H,12,19H2. The Balaban J connectivity index is 1.90. The highest BCUT2D eigenvalue weighted by Gasteiger charge is 2.17. The van der Waals surface area contributed by atoms with E-state index in [4.69, 9.17) is 10.5 Å². The molecule has 5 heteroatoms. The second-order valence-electron chi connectivity index (χ2n) is 4.70. The average molecular weight is 290 g/mol. The van der Waals surface area contributed by atoms with Gasteiger partial charge in [0.25, 0.3) is 5.88 Å². The zero-order chi connectivity index (χ0) is 15.4. The first kappa shape index (κ1) is 13.7. The Morgan fingerprint density at radius 2 is 1.68 bits per heavy atom. The number of ether oxygens (including phenoxy) is 1. The van der Waals surface area contributed by atoms with Crippen LogP contribution in [-0.2, 0) is 6.61 Å². The minimum atomic E-state index is 0.243. The van der Waals surface area contributed by atoms with Gasteiger partial charge < -0.3 is 10.5 Å². The van der Waals surface area contributed by atoms with Crippen LogP contribution in [0.5, 0.6) is 5.88 Å². The zero-order valence-electron chi connectivity index (χ0n) is 11.8. The van der Waals surface area contributed by atoms with Crippen molar-refractivity contribution in [1.29, 1.82) is 5.26 Å². The molecule has 3 rings (SSSR count). The SMILES string of the molecule is N#Cc1c(OCc2ccccc2)nn(-c2ccccc2)c1N. The quantitative estimate of drug-likeness (QED) is 0.801. The first-order chi connectivity index (χ1) is 10.8. The molecule has 0 aliphatic heterocycles. The lowest BCUT2D eigenvalue weighted by molar-refractivity contribution is 0.291. The van der Waals surface area contributed by atoms with Gasteiger partial charge in [-0.2, -0.15) is 5.26 Å². The molecule has 0 fully saturated rings. The van der Waals surface area contributed by atoms with Crippen molar-refractivity contribution >= 4 is 5.82 Å². The van der Waals surface area contributed by atoms with E-state index in [1.807, 2.05) is 60.7 Å². The van der Waals surface area contributed by atoms with Crippen molar-refractivity contribution in [2.75, 3.05) is 5.73 Å². The van der Waals surface area contributed by atoms with Gasteiger partial charge in [0, 0.05) is 0 Å². The van der Waals surface area contributed by atoms with Crippen LogP contribution in [0.4, 0.5) is 5.82 Å². The average Bonchev–Trinajstić information content (AvgIpc) is 2.90. The summed E-state index contributed by atoms with van der Waals surface area (Å²) in [6, 6.07) is 21.2. The second-order valence-corrected chi connectivity index (χ2v) is 4.70. The van der Waals surface area contributed by atoms with Crippen LogP contribution in [0.15, 0.2) is 60.7 Å². The number of benzene rings is 2. The lowest BCUT2D eigenvalue weighted by Crippen LogP contribution is -2.02. The van der Waals surface area contributed by atoms with E-state index < -0.39 is 0 Å². The van der Waals surface area contributed by atoms with Gasteiger partial charge in [-0.25, -0.2) is 4.68 Å². The van der Waals surface area contributed by atoms with Gasteiger partial charge in [0.2, 0.25) is 0 Å². The molecule has 0 aliphatic rings. The minimum Gasteiger partial charge on any atom is -0.471 e. The fourth-order valence-corrected chi connectivity index (χ4v) is 2.11. The van der Waals surface area contributed by atoms with Crippen molar-refractivity contribution in [1.82, 2.24) is 9.78 Å². The molecule has 0 aliphatic carbocycles. The molecule has 0 radical (unpaired) electrons. The molecule has 1 aromatic heterocycles. The van der Waals surface area contributed by atoms with E-state index in [0.717, 1.165) is 11.3 Å². The highest BCUT2D eigenvalue weighted by Crippen LogP contribution is 2.26. The number of nitriles is 1. The Labute approximate surface area is 128 Å². The summed E-state index contributed by atoms with van der Waals surface area (Å²) in [5.41, 5.74) is 8.05. The summed E-state index contributed by atoms with van der Waals surface area (Å²) in [5.74, 6) is 0.518. The molecule has 1 heterocycles. The number of para-hydroxylation sites is 1. The van der Waals surface area contributed by atoms with E-state index in [9.17, 15) is 5.26 Å². The molecule has 5 nitrogen and oxygen atoms in total. The third kappa shape index (κ3) is 2.63. The van der Waals surface area contributed by atoms with Crippen molar-refractivity contribution < 1.29 is 4.74 Å². The third-order valence-electron chi connectivity index (χ3n) is 3.22. The predicted octanol–water partition coefficient (Wildman–Crippen LogP) is 2.91. The summed E-state index contributed by atoms with van der Waals surface area (Å²) >= 11 is 0. The predicted molar refractivity (Wildman–Crippen MR) is 83.5 cm³/mol. The molecular weight excluding hydrogens is 276 g/mol. The Bertz CT molecular complexity index is 804. The van der Waals surface area contributed by atoms with Gasteiger partial charge in [-0.1, -0.05) is 48.5 Å². The lowest BCUT2D eigenvalue weighted by atomic mass is 10.2. The number of hydrogen-bond donors (Lipinski definition) is 1. The van der Waals surface area contributed by atoms with Crippen molar-refractivity contribution in [2.24, 2.45) is 0 Å². The smallest absolute Gasteiger partial charge is 0.254 e. The van der Waals surface area contributed by atoms with Gasteiger partial charge >= 0.3 is 0 Å². The van der Waals surface area contributed by atoms with Crippen LogP contribution in [0, 0.1) is 11.3 Å². The number of nitrogen functional groups attached to an aromatic ring is 1. The minimum absolute atomic E-state index is 0.243. The number of nitrogens with zero attached hydrogens (tertiary/aromatic N) is 3. The van der Waals surface area contributed by atoms with Crippen LogP contribution in [0.1, 0.15) is 11.1 Å². The Morgan fingerprint density at radius 1 is 1.05 bits per heavy atom. The highest BCUT2D eigenvalue weighted by molar-refractivity contribution is 5.58. The number of aromatic nitrogens is 2. The van der Waals surface area contributed by atoms with E-state index in [0.29, 0.717) is 6.61 Å². The fraction of sp³-hybridized carbons (Fsp3) is 0.0588. The van der Waals surface area contributed by atoms with Crippen LogP contribution in [0.3, 0.4) is 0 Å². The summed E-state index contributed by atoms with van der Waals surface area (Å²) < 4.78 is 7.18. The Morgan fingerprint density at radius 3 is 2.32 bits per heavy atom. The normalized spacial score (nSPS) is 10.1. The van der Waals surface area contributed by atoms with Crippen molar-refractivity contribution in [3.8, 4) is 17.6 Å². The first-order valence-corrected chi connectivity index (χ1v) is 6.80. The van der Waals surface area contributed by atoms with E-state index in [1.54, 1.807) is 0 Å². The first-order valence-electron chi connectivity index (χ1n) is 6.80. The van der Waals surface area contributed by atoms with Crippen LogP contribution in [-0.4, -0.2) is 9.78 Å². The molecule has 2 aromatic carbocycles. The second kappa shape index (κ2) is 6.02. The summed E-state index contributed by atoms with van der Waals surface area (Å²) in [6.07, 6.45) is 0. The molecule has 0 saturated heterocycles. The van der Waals surface area contributed by atoms with Gasteiger partial charge in [-0.3, -0.25) is 0 Å². The third-order valence-corrected chi connectivity index (χ3v) is 3.22. The molecule has 22 heavy (non-hydrogen) atoms. The van der Waals surface area contributed by atoms with E-state index in [2.05, 4.69) is 11.2 Å². The van der Waals surface area contributed by atoms with Crippen molar-refractivity contribution in [3.05, 3.63) is 71.8 Å². The Kier molecular flexibility index (Phi) is 3.75. The maximum atomic E-state index is 9.29. The molecule has 2 N–H and O–H groups in total. The van der Waals surface area contributed by atoms with Gasteiger partial charge in [-0.15, -0.1) is 5.10 Å². The summed E-state index contributed by atoms with van der Waals surface area (Å²) in [7, 11) is 0. The molecular formula is C17H14N4O. The van der Waals surface area contributed by atoms with Gasteiger partial charge in [0.15, 0.2) is 5.56 Å². The highest BCUT2D eigenvalue weighted by atomic mass is 16.5. The van der Waals surface area contributed by atoms with Gasteiger partial charge in [0.1, 0.15) is 18.5 Å². The Hall–Kier alpha value is -3.26. The molecule has 0 bridgehead atoms. The number of hydrogen-bond acceptors (Lipinski definition) is 4.